The van der Waals surface area contributed by atoms with Crippen LogP contribution in [-0.4, -0.2) is 31.6 Å². The van der Waals surface area contributed by atoms with Crippen molar-refractivity contribution in [1.82, 2.24) is 19.5 Å². The molecule has 1 aromatic carbocycles. The van der Waals surface area contributed by atoms with Crippen molar-refractivity contribution in [2.24, 2.45) is 5.73 Å². The summed E-state index contributed by atoms with van der Waals surface area (Å²) in [5.74, 6) is 1.32. The molecule has 0 bridgehead atoms. The Morgan fingerprint density at radius 3 is 2.85 bits per heavy atom. The molecule has 7 heteroatoms. The lowest BCUT2D eigenvalue weighted by Gasteiger charge is -2.29. The summed E-state index contributed by atoms with van der Waals surface area (Å²) in [5, 5.41) is 6.89. The number of anilines is 3. The maximum absolute atomic E-state index is 6.30. The van der Waals surface area contributed by atoms with Crippen LogP contribution in [0.3, 0.4) is 0 Å². The van der Waals surface area contributed by atoms with Gasteiger partial charge in [-0.05, 0) is 44.4 Å². The zero-order valence-corrected chi connectivity index (χ0v) is 15.9. The fourth-order valence-electron chi connectivity index (χ4n) is 3.69. The van der Waals surface area contributed by atoms with Gasteiger partial charge in [-0.15, -0.1) is 0 Å². The van der Waals surface area contributed by atoms with E-state index in [0.717, 1.165) is 36.2 Å². The third-order valence-electron chi connectivity index (χ3n) is 5.22. The summed E-state index contributed by atoms with van der Waals surface area (Å²) in [6.45, 7) is 4.96. The van der Waals surface area contributed by atoms with Crippen LogP contribution in [0.1, 0.15) is 38.2 Å². The number of aromatic nitrogens is 4. The third-order valence-corrected chi connectivity index (χ3v) is 5.22. The average Bonchev–Trinajstić information content (AvgIpc) is 3.07. The van der Waals surface area contributed by atoms with Crippen LogP contribution < -0.4 is 16.4 Å². The molecule has 4 rings (SSSR count). The smallest absolute Gasteiger partial charge is 0.227 e. The monoisotopic (exact) mass is 365 g/mol. The van der Waals surface area contributed by atoms with E-state index in [2.05, 4.69) is 41.6 Å². The highest BCUT2D eigenvalue weighted by atomic mass is 15.2. The minimum absolute atomic E-state index is 0.141. The van der Waals surface area contributed by atoms with Crippen molar-refractivity contribution >= 4 is 28.6 Å². The van der Waals surface area contributed by atoms with E-state index in [1.54, 1.807) is 0 Å². The molecule has 0 saturated heterocycles. The predicted molar refractivity (Wildman–Crippen MR) is 109 cm³/mol. The summed E-state index contributed by atoms with van der Waals surface area (Å²) >= 11 is 0. The average molecular weight is 365 g/mol. The second-order valence-corrected chi connectivity index (χ2v) is 7.29. The van der Waals surface area contributed by atoms with Gasteiger partial charge >= 0.3 is 0 Å². The van der Waals surface area contributed by atoms with Gasteiger partial charge < -0.3 is 20.9 Å². The molecule has 2 aromatic heterocycles. The highest BCUT2D eigenvalue weighted by Crippen LogP contribution is 2.26. The van der Waals surface area contributed by atoms with Crippen LogP contribution in [0.5, 0.6) is 0 Å². The second kappa shape index (κ2) is 7.52. The lowest BCUT2D eigenvalue weighted by atomic mass is 9.91. The van der Waals surface area contributed by atoms with Gasteiger partial charge in [-0.3, -0.25) is 0 Å². The molecular weight excluding hydrogens is 338 g/mol. The lowest BCUT2D eigenvalue weighted by Crippen LogP contribution is -2.43. The zero-order chi connectivity index (χ0) is 18.8. The molecule has 1 saturated carbocycles. The molecule has 1 aliphatic carbocycles. The first kappa shape index (κ1) is 17.7. The number of hydrogen-bond donors (Lipinski definition) is 3. The molecule has 142 valence electrons. The summed E-state index contributed by atoms with van der Waals surface area (Å²) in [7, 11) is 0. The molecule has 0 spiro atoms. The minimum atomic E-state index is 0.141. The van der Waals surface area contributed by atoms with Crippen LogP contribution in [-0.2, 0) is 6.54 Å². The SMILES string of the molecule is CCn1cnc2c(Nc3cccc(C)c3)nc(N[C@@H]3CCCC[C@@H]3N)nc21. The highest BCUT2D eigenvalue weighted by molar-refractivity contribution is 5.86. The van der Waals surface area contributed by atoms with Crippen molar-refractivity contribution < 1.29 is 0 Å². The van der Waals surface area contributed by atoms with Crippen LogP contribution in [0.15, 0.2) is 30.6 Å². The van der Waals surface area contributed by atoms with Crippen molar-refractivity contribution in [2.75, 3.05) is 10.6 Å². The van der Waals surface area contributed by atoms with Crippen LogP contribution >= 0.6 is 0 Å². The predicted octanol–water partition coefficient (Wildman–Crippen LogP) is 3.58. The molecule has 2 heterocycles. The molecule has 0 unspecified atom stereocenters. The summed E-state index contributed by atoms with van der Waals surface area (Å²) in [5.41, 5.74) is 10.1. The summed E-state index contributed by atoms with van der Waals surface area (Å²) < 4.78 is 2.03. The largest absolute Gasteiger partial charge is 0.350 e. The molecule has 1 fully saturated rings. The maximum atomic E-state index is 6.30. The number of aryl methyl sites for hydroxylation is 2. The number of nitrogens with one attached hydrogen (secondary N) is 2. The second-order valence-electron chi connectivity index (χ2n) is 7.29. The fraction of sp³-hybridized carbons (Fsp3) is 0.450. The Hall–Kier alpha value is -2.67. The van der Waals surface area contributed by atoms with Crippen molar-refractivity contribution in [1.29, 1.82) is 0 Å². The van der Waals surface area contributed by atoms with E-state index < -0.39 is 0 Å². The summed E-state index contributed by atoms with van der Waals surface area (Å²) in [4.78, 5) is 14.0. The van der Waals surface area contributed by atoms with Gasteiger partial charge in [0.15, 0.2) is 17.0 Å². The molecule has 2 atom stereocenters. The molecule has 4 N–H and O–H groups in total. The molecule has 7 nitrogen and oxygen atoms in total. The number of nitrogens with two attached hydrogens (primary N) is 1. The number of rotatable bonds is 5. The van der Waals surface area contributed by atoms with Gasteiger partial charge in [0.2, 0.25) is 5.95 Å². The van der Waals surface area contributed by atoms with Crippen LogP contribution in [0, 0.1) is 6.92 Å². The Morgan fingerprint density at radius 2 is 2.07 bits per heavy atom. The third kappa shape index (κ3) is 3.73. The Bertz CT molecular complexity index is 933. The van der Waals surface area contributed by atoms with Crippen molar-refractivity contribution in [2.45, 2.75) is 58.2 Å². The molecule has 27 heavy (non-hydrogen) atoms. The van der Waals surface area contributed by atoms with Crippen LogP contribution in [0.25, 0.3) is 11.2 Å². The first-order valence-electron chi connectivity index (χ1n) is 9.72. The van der Waals surface area contributed by atoms with E-state index in [1.165, 1.54) is 18.4 Å². The molecule has 0 aliphatic heterocycles. The van der Waals surface area contributed by atoms with Crippen LogP contribution in [0.2, 0.25) is 0 Å². The normalized spacial score (nSPS) is 20.0. The van der Waals surface area contributed by atoms with E-state index in [9.17, 15) is 0 Å². The fourth-order valence-corrected chi connectivity index (χ4v) is 3.69. The van der Waals surface area contributed by atoms with Crippen molar-refractivity contribution in [3.05, 3.63) is 36.2 Å². The van der Waals surface area contributed by atoms with E-state index in [1.807, 2.05) is 23.0 Å². The molecule has 1 aliphatic rings. The standard InChI is InChI=1S/C20H27N7/c1-3-27-12-22-17-18(23-14-8-6-7-13(2)11-14)25-20(26-19(17)27)24-16-10-5-4-9-15(16)21/h6-8,11-12,15-16H,3-5,9-10,21H2,1-2H3,(H2,23,24,25,26)/t15-,16+/m0/s1. The summed E-state index contributed by atoms with van der Waals surface area (Å²) in [6.07, 6.45) is 6.30. The Kier molecular flexibility index (Phi) is 4.94. The van der Waals surface area contributed by atoms with Crippen LogP contribution in [0.4, 0.5) is 17.5 Å². The van der Waals surface area contributed by atoms with Gasteiger partial charge in [-0.1, -0.05) is 25.0 Å². The highest BCUT2D eigenvalue weighted by Gasteiger charge is 2.23. The van der Waals surface area contributed by atoms with Gasteiger partial charge in [-0.25, -0.2) is 4.98 Å². The van der Waals surface area contributed by atoms with Crippen molar-refractivity contribution in [3.8, 4) is 0 Å². The number of hydrogen-bond acceptors (Lipinski definition) is 6. The zero-order valence-electron chi connectivity index (χ0n) is 15.9. The first-order valence-corrected chi connectivity index (χ1v) is 9.72. The Morgan fingerprint density at radius 1 is 1.22 bits per heavy atom. The number of nitrogens with zero attached hydrogens (tertiary/aromatic N) is 4. The summed E-state index contributed by atoms with van der Waals surface area (Å²) in [6, 6.07) is 8.57. The van der Waals surface area contributed by atoms with Gasteiger partial charge in [0.1, 0.15) is 0 Å². The van der Waals surface area contributed by atoms with Crippen molar-refractivity contribution in [3.63, 3.8) is 0 Å². The number of imidazole rings is 1. The minimum Gasteiger partial charge on any atom is -0.350 e. The van der Waals surface area contributed by atoms with E-state index >= 15 is 0 Å². The Balaban J connectivity index is 1.71. The van der Waals surface area contributed by atoms with Gasteiger partial charge in [0.05, 0.1) is 6.33 Å². The van der Waals surface area contributed by atoms with E-state index in [4.69, 9.17) is 15.7 Å². The first-order chi connectivity index (χ1) is 13.1. The number of benzene rings is 1. The lowest BCUT2D eigenvalue weighted by molar-refractivity contribution is 0.402. The van der Waals surface area contributed by atoms with E-state index in [-0.39, 0.29) is 12.1 Å². The van der Waals surface area contributed by atoms with Gasteiger partial charge in [-0.2, -0.15) is 9.97 Å². The van der Waals surface area contributed by atoms with Gasteiger partial charge in [0, 0.05) is 24.3 Å². The van der Waals surface area contributed by atoms with Gasteiger partial charge in [0.25, 0.3) is 0 Å². The molecule has 0 amide bonds. The number of fused-ring (bicyclic) bond motifs is 1. The topological polar surface area (TPSA) is 93.7 Å². The molecule has 3 aromatic rings. The molecule has 0 radical (unpaired) electrons. The molecular formula is C20H27N7. The maximum Gasteiger partial charge on any atom is 0.227 e. The Labute approximate surface area is 159 Å². The van der Waals surface area contributed by atoms with E-state index in [0.29, 0.717) is 11.8 Å². The quantitative estimate of drug-likeness (QED) is 0.640.